The molecule has 0 bridgehead atoms. The number of anilines is 3. The van der Waals surface area contributed by atoms with Crippen LogP contribution < -0.4 is 15.1 Å². The van der Waals surface area contributed by atoms with E-state index in [1.165, 1.54) is 18.1 Å². The van der Waals surface area contributed by atoms with Crippen molar-refractivity contribution in [1.82, 2.24) is 9.97 Å². The molecule has 8 heteroatoms. The minimum absolute atomic E-state index is 0.104. The lowest BCUT2D eigenvalue weighted by molar-refractivity contribution is 0.102. The van der Waals surface area contributed by atoms with Gasteiger partial charge >= 0.3 is 0 Å². The van der Waals surface area contributed by atoms with Crippen LogP contribution in [0, 0.1) is 11.6 Å². The average molecular weight is 395 g/mol. The highest BCUT2D eigenvalue weighted by molar-refractivity contribution is 6.03. The van der Waals surface area contributed by atoms with Crippen LogP contribution in [0.4, 0.5) is 26.0 Å². The predicted octanol–water partition coefficient (Wildman–Crippen LogP) is 3.33. The number of carbonyl (C=O) groups excluding carboxylic acids is 1. The van der Waals surface area contributed by atoms with E-state index in [-0.39, 0.29) is 11.4 Å². The molecule has 0 unspecified atom stereocenters. The molecular weight excluding hydrogens is 376 g/mol. The van der Waals surface area contributed by atoms with Crippen molar-refractivity contribution in [2.24, 2.45) is 0 Å². The molecule has 29 heavy (non-hydrogen) atoms. The van der Waals surface area contributed by atoms with Gasteiger partial charge in [-0.2, -0.15) is 0 Å². The maximum absolute atomic E-state index is 13.8. The smallest absolute Gasteiger partial charge is 0.274 e. The van der Waals surface area contributed by atoms with E-state index < -0.39 is 17.5 Å². The first kappa shape index (κ1) is 18.8. The van der Waals surface area contributed by atoms with Gasteiger partial charge in [0.25, 0.3) is 5.91 Å². The molecule has 2 aromatic carbocycles. The van der Waals surface area contributed by atoms with Crippen molar-refractivity contribution in [3.8, 4) is 0 Å². The highest BCUT2D eigenvalue weighted by Gasteiger charge is 2.20. The van der Waals surface area contributed by atoms with E-state index in [1.807, 2.05) is 18.2 Å². The summed E-state index contributed by atoms with van der Waals surface area (Å²) in [5.74, 6) is -1.50. The molecule has 0 atom stereocenters. The Bertz CT molecular complexity index is 1010. The highest BCUT2D eigenvalue weighted by atomic mass is 19.1. The molecule has 3 aromatic rings. The number of nitrogens with one attached hydrogen (secondary N) is 1. The van der Waals surface area contributed by atoms with Gasteiger partial charge in [-0.3, -0.25) is 4.79 Å². The summed E-state index contributed by atoms with van der Waals surface area (Å²) in [4.78, 5) is 25.1. The highest BCUT2D eigenvalue weighted by Crippen LogP contribution is 2.20. The number of nitrogens with zero attached hydrogens (tertiary/aromatic N) is 4. The Kier molecular flexibility index (Phi) is 5.33. The minimum Gasteiger partial charge on any atom is -0.368 e. The summed E-state index contributed by atoms with van der Waals surface area (Å²) in [6.45, 7) is 3.16. The van der Waals surface area contributed by atoms with Gasteiger partial charge in [0, 0.05) is 44.0 Å². The van der Waals surface area contributed by atoms with Crippen LogP contribution in [0.3, 0.4) is 0 Å². The van der Waals surface area contributed by atoms with Crippen LogP contribution in [-0.2, 0) is 0 Å². The first-order valence-electron chi connectivity index (χ1n) is 9.23. The monoisotopic (exact) mass is 395 g/mol. The second-order valence-corrected chi connectivity index (χ2v) is 6.65. The molecule has 2 heterocycles. The molecule has 0 radical (unpaired) electrons. The Labute approximate surface area is 166 Å². The van der Waals surface area contributed by atoms with Crippen molar-refractivity contribution in [1.29, 1.82) is 0 Å². The lowest BCUT2D eigenvalue weighted by Gasteiger charge is -2.36. The van der Waals surface area contributed by atoms with Gasteiger partial charge in [-0.25, -0.2) is 18.7 Å². The lowest BCUT2D eigenvalue weighted by atomic mass is 10.2. The predicted molar refractivity (Wildman–Crippen MR) is 107 cm³/mol. The first-order valence-corrected chi connectivity index (χ1v) is 9.23. The zero-order chi connectivity index (χ0) is 20.2. The normalized spacial score (nSPS) is 14.0. The number of hydrogen-bond acceptors (Lipinski definition) is 5. The molecule has 6 nitrogen and oxygen atoms in total. The molecule has 1 aliphatic rings. The van der Waals surface area contributed by atoms with Crippen LogP contribution in [0.25, 0.3) is 0 Å². The number of para-hydroxylation sites is 1. The largest absolute Gasteiger partial charge is 0.368 e. The number of aromatic nitrogens is 2. The van der Waals surface area contributed by atoms with Crippen molar-refractivity contribution in [3.63, 3.8) is 0 Å². The molecule has 1 aromatic heterocycles. The number of piperazine rings is 1. The summed E-state index contributed by atoms with van der Waals surface area (Å²) in [5, 5.41) is 2.41. The van der Waals surface area contributed by atoms with E-state index in [0.29, 0.717) is 11.9 Å². The Hall–Kier alpha value is -3.55. The van der Waals surface area contributed by atoms with E-state index in [1.54, 1.807) is 6.07 Å². The van der Waals surface area contributed by atoms with Gasteiger partial charge in [0.1, 0.15) is 29.5 Å². The third-order valence-corrected chi connectivity index (χ3v) is 4.79. The van der Waals surface area contributed by atoms with Gasteiger partial charge in [0.15, 0.2) is 0 Å². The second-order valence-electron chi connectivity index (χ2n) is 6.65. The van der Waals surface area contributed by atoms with E-state index >= 15 is 0 Å². The van der Waals surface area contributed by atoms with Gasteiger partial charge in [-0.15, -0.1) is 0 Å². The lowest BCUT2D eigenvalue weighted by Crippen LogP contribution is -2.46. The summed E-state index contributed by atoms with van der Waals surface area (Å²) in [6.07, 6.45) is 1.31. The van der Waals surface area contributed by atoms with Crippen LogP contribution in [0.2, 0.25) is 0 Å². The Balaban J connectivity index is 1.43. The van der Waals surface area contributed by atoms with E-state index in [4.69, 9.17) is 0 Å². The quantitative estimate of drug-likeness (QED) is 0.734. The van der Waals surface area contributed by atoms with Crippen LogP contribution in [-0.4, -0.2) is 42.1 Å². The number of halogens is 2. The maximum atomic E-state index is 13.8. The van der Waals surface area contributed by atoms with E-state index in [0.717, 1.165) is 32.2 Å². The summed E-state index contributed by atoms with van der Waals surface area (Å²) >= 11 is 0. The summed E-state index contributed by atoms with van der Waals surface area (Å²) < 4.78 is 26.8. The van der Waals surface area contributed by atoms with Crippen LogP contribution in [0.1, 0.15) is 10.5 Å². The number of amides is 1. The molecule has 0 spiro atoms. The van der Waals surface area contributed by atoms with Crippen LogP contribution in [0.15, 0.2) is 60.9 Å². The van der Waals surface area contributed by atoms with Crippen LogP contribution in [0.5, 0.6) is 0 Å². The van der Waals surface area contributed by atoms with E-state index in [2.05, 4.69) is 37.2 Å². The molecule has 0 aliphatic carbocycles. The fraction of sp³-hybridized carbons (Fsp3) is 0.190. The molecule has 1 aliphatic heterocycles. The summed E-state index contributed by atoms with van der Waals surface area (Å²) in [6, 6.07) is 14.7. The summed E-state index contributed by atoms with van der Waals surface area (Å²) in [7, 11) is 0. The number of hydrogen-bond donors (Lipinski definition) is 1. The number of benzene rings is 2. The van der Waals surface area contributed by atoms with Crippen molar-refractivity contribution in [3.05, 3.63) is 78.3 Å². The minimum atomic E-state index is -0.843. The van der Waals surface area contributed by atoms with Crippen molar-refractivity contribution in [2.45, 2.75) is 0 Å². The standard InChI is InChI=1S/C21H19F2N5O/c22-15-6-7-18(17(23)12-15)26-21(29)19-13-20(25-14-24-19)28-10-8-27(9-11-28)16-4-2-1-3-5-16/h1-7,12-14H,8-11H2,(H,26,29). The molecular formula is C21H19F2N5O. The van der Waals surface area contributed by atoms with Crippen molar-refractivity contribution < 1.29 is 13.6 Å². The van der Waals surface area contributed by atoms with Crippen molar-refractivity contribution in [2.75, 3.05) is 41.3 Å². The Morgan fingerprint density at radius 2 is 1.62 bits per heavy atom. The second kappa shape index (κ2) is 8.22. The van der Waals surface area contributed by atoms with Gasteiger partial charge in [0.05, 0.1) is 5.69 Å². The fourth-order valence-electron chi connectivity index (χ4n) is 3.25. The zero-order valence-electron chi connectivity index (χ0n) is 15.6. The van der Waals surface area contributed by atoms with Crippen molar-refractivity contribution >= 4 is 23.1 Å². The number of carbonyl (C=O) groups is 1. The molecule has 4 rings (SSSR count). The zero-order valence-corrected chi connectivity index (χ0v) is 15.6. The van der Waals surface area contributed by atoms with Gasteiger partial charge in [-0.05, 0) is 24.3 Å². The van der Waals surface area contributed by atoms with Gasteiger partial charge in [-0.1, -0.05) is 18.2 Å². The first-order chi connectivity index (χ1) is 14.1. The Morgan fingerprint density at radius 3 is 2.34 bits per heavy atom. The van der Waals surface area contributed by atoms with Crippen LogP contribution >= 0.6 is 0 Å². The maximum Gasteiger partial charge on any atom is 0.274 e. The fourth-order valence-corrected chi connectivity index (χ4v) is 3.25. The molecule has 148 valence electrons. The third kappa shape index (κ3) is 4.31. The van der Waals surface area contributed by atoms with Gasteiger partial charge < -0.3 is 15.1 Å². The Morgan fingerprint density at radius 1 is 0.897 bits per heavy atom. The summed E-state index contributed by atoms with van der Waals surface area (Å²) in [5.41, 5.74) is 1.19. The average Bonchev–Trinajstić information content (AvgIpc) is 2.76. The SMILES string of the molecule is O=C(Nc1ccc(F)cc1F)c1cc(N2CCN(c3ccccc3)CC2)ncn1. The van der Waals surface area contributed by atoms with Gasteiger partial charge in [0.2, 0.25) is 0 Å². The molecule has 0 saturated carbocycles. The topological polar surface area (TPSA) is 61.4 Å². The number of rotatable bonds is 4. The molecule has 1 fully saturated rings. The third-order valence-electron chi connectivity index (χ3n) is 4.79. The molecule has 1 saturated heterocycles. The molecule has 1 N–H and O–H groups in total. The molecule has 1 amide bonds. The van der Waals surface area contributed by atoms with E-state index in [9.17, 15) is 13.6 Å².